The summed E-state index contributed by atoms with van der Waals surface area (Å²) in [4.78, 5) is 28.2. The molecule has 8 heteroatoms. The van der Waals surface area contributed by atoms with E-state index in [2.05, 4.69) is 5.10 Å². The molecular formula is C23H28N4O4. The van der Waals surface area contributed by atoms with Crippen molar-refractivity contribution in [1.82, 2.24) is 9.78 Å². The van der Waals surface area contributed by atoms with E-state index in [1.807, 2.05) is 36.0 Å². The molecule has 1 aromatic heterocycles. The summed E-state index contributed by atoms with van der Waals surface area (Å²) in [5, 5.41) is 14.2. The SMILES string of the molecule is C[C@H]1CN(C(=O)O)c2cc(-c3cnn(C4COC4)c3)ccc2N1C(=O)CCC1CCC1. The standard InChI is InChI=1S/C23H28N4O4/c1-15-11-25(23(29)30)21-9-17(18-10-24-26(12-18)19-13-31-14-19)6-7-20(21)27(15)22(28)8-5-16-3-2-4-16/h6-7,9-10,12,15-16,19H,2-5,8,11,13-14H2,1H3,(H,29,30)/t15-/m0/s1. The normalized spacial score (nSPS) is 21.4. The maximum absolute atomic E-state index is 13.1. The van der Waals surface area contributed by atoms with Crippen molar-refractivity contribution >= 4 is 23.4 Å². The van der Waals surface area contributed by atoms with Gasteiger partial charge in [-0.05, 0) is 37.0 Å². The third-order valence-electron chi connectivity index (χ3n) is 6.83. The predicted octanol–water partition coefficient (Wildman–Crippen LogP) is 3.92. The molecule has 1 saturated carbocycles. The number of anilines is 2. The molecule has 0 bridgehead atoms. The van der Waals surface area contributed by atoms with Gasteiger partial charge in [-0.3, -0.25) is 14.4 Å². The van der Waals surface area contributed by atoms with E-state index in [1.54, 1.807) is 11.1 Å². The van der Waals surface area contributed by atoms with Crippen LogP contribution in [0, 0.1) is 5.92 Å². The molecule has 2 aromatic rings. The highest BCUT2D eigenvalue weighted by Crippen LogP contribution is 2.40. The van der Waals surface area contributed by atoms with Crippen molar-refractivity contribution in [3.05, 3.63) is 30.6 Å². The Balaban J connectivity index is 1.44. The number of rotatable bonds is 5. The molecule has 31 heavy (non-hydrogen) atoms. The molecular weight excluding hydrogens is 396 g/mol. The number of carboxylic acid groups (broad SMARTS) is 1. The Hall–Kier alpha value is -2.87. The van der Waals surface area contributed by atoms with Crippen molar-refractivity contribution in [2.75, 3.05) is 29.6 Å². The number of amides is 2. The molecule has 2 amide bonds. The number of aromatic nitrogens is 2. The monoisotopic (exact) mass is 424 g/mol. The Morgan fingerprint density at radius 2 is 2.00 bits per heavy atom. The van der Waals surface area contributed by atoms with Gasteiger partial charge in [0.15, 0.2) is 0 Å². The van der Waals surface area contributed by atoms with Crippen molar-refractivity contribution in [3.8, 4) is 11.1 Å². The van der Waals surface area contributed by atoms with E-state index in [0.717, 1.165) is 17.5 Å². The largest absolute Gasteiger partial charge is 0.465 e. The van der Waals surface area contributed by atoms with Crippen molar-refractivity contribution in [2.24, 2.45) is 5.92 Å². The van der Waals surface area contributed by atoms with Crippen molar-refractivity contribution in [1.29, 1.82) is 0 Å². The van der Waals surface area contributed by atoms with E-state index in [1.165, 1.54) is 24.2 Å². The van der Waals surface area contributed by atoms with E-state index >= 15 is 0 Å². The molecule has 3 heterocycles. The predicted molar refractivity (Wildman–Crippen MR) is 116 cm³/mol. The average molecular weight is 425 g/mol. The van der Waals surface area contributed by atoms with Crippen LogP contribution in [0.25, 0.3) is 11.1 Å². The third kappa shape index (κ3) is 3.69. The molecule has 3 aliphatic rings. The zero-order valence-electron chi connectivity index (χ0n) is 17.7. The topological polar surface area (TPSA) is 87.9 Å². The van der Waals surface area contributed by atoms with Gasteiger partial charge in [-0.2, -0.15) is 5.10 Å². The zero-order valence-corrected chi connectivity index (χ0v) is 17.7. The van der Waals surface area contributed by atoms with E-state index in [-0.39, 0.29) is 24.5 Å². The van der Waals surface area contributed by atoms with Crippen LogP contribution in [0.4, 0.5) is 16.2 Å². The quantitative estimate of drug-likeness (QED) is 0.786. The van der Waals surface area contributed by atoms with Gasteiger partial charge in [-0.15, -0.1) is 0 Å². The Labute approximate surface area is 181 Å². The second-order valence-electron chi connectivity index (χ2n) is 8.95. The van der Waals surface area contributed by atoms with Crippen molar-refractivity contribution in [3.63, 3.8) is 0 Å². The number of benzene rings is 1. The number of ether oxygens (including phenoxy) is 1. The molecule has 2 aliphatic heterocycles. The molecule has 1 N–H and O–H groups in total. The molecule has 1 atom stereocenters. The molecule has 0 unspecified atom stereocenters. The Morgan fingerprint density at radius 3 is 2.65 bits per heavy atom. The van der Waals surface area contributed by atoms with Gasteiger partial charge < -0.3 is 14.7 Å². The lowest BCUT2D eigenvalue weighted by Crippen LogP contribution is -2.51. The smallest absolute Gasteiger partial charge is 0.411 e. The maximum Gasteiger partial charge on any atom is 0.411 e. The fourth-order valence-electron chi connectivity index (χ4n) is 4.66. The van der Waals surface area contributed by atoms with E-state index in [0.29, 0.717) is 36.9 Å². The summed E-state index contributed by atoms with van der Waals surface area (Å²) in [5.41, 5.74) is 3.03. The molecule has 1 aromatic carbocycles. The van der Waals surface area contributed by atoms with Crippen LogP contribution >= 0.6 is 0 Å². The fourth-order valence-corrected chi connectivity index (χ4v) is 4.66. The first-order valence-electron chi connectivity index (χ1n) is 11.1. The van der Waals surface area contributed by atoms with Crippen LogP contribution in [-0.4, -0.2) is 52.7 Å². The summed E-state index contributed by atoms with van der Waals surface area (Å²) in [7, 11) is 0. The maximum atomic E-state index is 13.1. The van der Waals surface area contributed by atoms with Gasteiger partial charge in [-0.25, -0.2) is 4.79 Å². The summed E-state index contributed by atoms with van der Waals surface area (Å²) in [6.07, 6.45) is 7.89. The number of fused-ring (bicyclic) bond motifs is 1. The van der Waals surface area contributed by atoms with E-state index in [9.17, 15) is 14.7 Å². The average Bonchev–Trinajstić information content (AvgIpc) is 3.13. The molecule has 0 radical (unpaired) electrons. The Bertz CT molecular complexity index is 995. The van der Waals surface area contributed by atoms with Crippen LogP contribution in [0.3, 0.4) is 0 Å². The second kappa shape index (κ2) is 8.00. The lowest BCUT2D eigenvalue weighted by atomic mass is 9.82. The van der Waals surface area contributed by atoms with Gasteiger partial charge in [0.05, 0.1) is 42.9 Å². The lowest BCUT2D eigenvalue weighted by molar-refractivity contribution is -0.119. The second-order valence-corrected chi connectivity index (χ2v) is 8.95. The van der Waals surface area contributed by atoms with E-state index in [4.69, 9.17) is 4.74 Å². The summed E-state index contributed by atoms with van der Waals surface area (Å²) in [6, 6.07) is 5.74. The molecule has 8 nitrogen and oxygen atoms in total. The number of carbonyl (C=O) groups is 2. The van der Waals surface area contributed by atoms with Crippen molar-refractivity contribution < 1.29 is 19.4 Å². The molecule has 1 aliphatic carbocycles. The molecule has 164 valence electrons. The molecule has 1 saturated heterocycles. The van der Waals surface area contributed by atoms with Crippen LogP contribution < -0.4 is 9.80 Å². The third-order valence-corrected chi connectivity index (χ3v) is 6.83. The highest BCUT2D eigenvalue weighted by Gasteiger charge is 2.35. The van der Waals surface area contributed by atoms with Gasteiger partial charge in [0.25, 0.3) is 0 Å². The zero-order chi connectivity index (χ0) is 21.5. The van der Waals surface area contributed by atoms with Crippen LogP contribution in [0.2, 0.25) is 0 Å². The van der Waals surface area contributed by atoms with Gasteiger partial charge >= 0.3 is 6.09 Å². The summed E-state index contributed by atoms with van der Waals surface area (Å²) in [6.45, 7) is 3.50. The van der Waals surface area contributed by atoms with Crippen LogP contribution in [0.15, 0.2) is 30.6 Å². The number of nitrogens with zero attached hydrogens (tertiary/aromatic N) is 4. The van der Waals surface area contributed by atoms with Crippen LogP contribution in [0.1, 0.15) is 45.1 Å². The summed E-state index contributed by atoms with van der Waals surface area (Å²) >= 11 is 0. The molecule has 5 rings (SSSR count). The minimum Gasteiger partial charge on any atom is -0.465 e. The van der Waals surface area contributed by atoms with E-state index < -0.39 is 6.09 Å². The van der Waals surface area contributed by atoms with Gasteiger partial charge in [-0.1, -0.05) is 25.3 Å². The van der Waals surface area contributed by atoms with Crippen molar-refractivity contribution in [2.45, 2.75) is 51.1 Å². The van der Waals surface area contributed by atoms with Gasteiger partial charge in [0.2, 0.25) is 5.91 Å². The minimum absolute atomic E-state index is 0.0799. The molecule has 0 spiro atoms. The van der Waals surface area contributed by atoms with Crippen LogP contribution in [0.5, 0.6) is 0 Å². The first-order chi connectivity index (χ1) is 15.0. The lowest BCUT2D eigenvalue weighted by Gasteiger charge is -2.40. The summed E-state index contributed by atoms with van der Waals surface area (Å²) in [5.74, 6) is 0.746. The highest BCUT2D eigenvalue weighted by atomic mass is 16.5. The minimum atomic E-state index is -1.01. The highest BCUT2D eigenvalue weighted by molar-refractivity contribution is 6.03. The molecule has 2 fully saturated rings. The number of carbonyl (C=O) groups excluding carboxylic acids is 1. The number of hydrogen-bond acceptors (Lipinski definition) is 4. The first-order valence-corrected chi connectivity index (χ1v) is 11.1. The van der Waals surface area contributed by atoms with Crippen LogP contribution in [-0.2, 0) is 9.53 Å². The first kappa shape index (κ1) is 20.1. The fraction of sp³-hybridized carbons (Fsp3) is 0.522. The Kier molecular flexibility index (Phi) is 5.17. The Morgan fingerprint density at radius 1 is 1.19 bits per heavy atom. The van der Waals surface area contributed by atoms with Gasteiger partial charge in [0.1, 0.15) is 0 Å². The number of hydrogen-bond donors (Lipinski definition) is 1. The van der Waals surface area contributed by atoms with Gasteiger partial charge in [0, 0.05) is 24.7 Å². The summed E-state index contributed by atoms with van der Waals surface area (Å²) < 4.78 is 7.13.